The first kappa shape index (κ1) is 14.7. The normalized spacial score (nSPS) is 17.9. The Bertz CT molecular complexity index is 493. The summed E-state index contributed by atoms with van der Waals surface area (Å²) in [4.78, 5) is 4.06. The van der Waals surface area contributed by atoms with Gasteiger partial charge in [-0.1, -0.05) is 6.92 Å². The second-order valence-corrected chi connectivity index (χ2v) is 5.18. The summed E-state index contributed by atoms with van der Waals surface area (Å²) in [5, 5.41) is 8.71. The number of nitrogens with zero attached hydrogens (tertiary/aromatic N) is 3. The van der Waals surface area contributed by atoms with Crippen molar-refractivity contribution in [2.24, 2.45) is 0 Å². The number of nitriles is 1. The predicted molar refractivity (Wildman–Crippen MR) is 74.6 cm³/mol. The molecule has 0 amide bonds. The zero-order valence-electron chi connectivity index (χ0n) is 11.9. The lowest BCUT2D eigenvalue weighted by molar-refractivity contribution is 0.192. The van der Waals surface area contributed by atoms with E-state index in [1.165, 1.54) is 0 Å². The second-order valence-electron chi connectivity index (χ2n) is 5.18. The molecular weight excluding hydrogens is 260 g/mol. The lowest BCUT2D eigenvalue weighted by Gasteiger charge is -2.39. The SMILES string of the molecule is CCC(C)N1CCN(c2c(F)cc(C#N)cc2F)CC1. The molecular formula is C15H19F2N3. The Hall–Kier alpha value is -1.67. The molecule has 0 N–H and O–H groups in total. The lowest BCUT2D eigenvalue weighted by atomic mass is 10.1. The Kier molecular flexibility index (Phi) is 4.56. The van der Waals surface area contributed by atoms with Crippen LogP contribution in [0.5, 0.6) is 0 Å². The van der Waals surface area contributed by atoms with E-state index in [2.05, 4.69) is 18.7 Å². The third kappa shape index (κ3) is 2.91. The van der Waals surface area contributed by atoms with E-state index in [0.717, 1.165) is 31.6 Å². The number of piperazine rings is 1. The molecule has 1 aromatic carbocycles. The molecule has 0 aromatic heterocycles. The highest BCUT2D eigenvalue weighted by molar-refractivity contribution is 5.53. The van der Waals surface area contributed by atoms with Crippen molar-refractivity contribution in [1.29, 1.82) is 5.26 Å². The minimum atomic E-state index is -0.654. The van der Waals surface area contributed by atoms with Gasteiger partial charge in [-0.25, -0.2) is 8.78 Å². The molecule has 1 aliphatic rings. The van der Waals surface area contributed by atoms with Crippen molar-refractivity contribution >= 4 is 5.69 Å². The van der Waals surface area contributed by atoms with Gasteiger partial charge < -0.3 is 4.90 Å². The van der Waals surface area contributed by atoms with E-state index in [-0.39, 0.29) is 11.3 Å². The fraction of sp³-hybridized carbons (Fsp3) is 0.533. The van der Waals surface area contributed by atoms with Crippen molar-refractivity contribution < 1.29 is 8.78 Å². The standard InChI is InChI=1S/C15H19F2N3/c1-3-11(2)19-4-6-20(7-5-19)15-13(16)8-12(10-18)9-14(15)17/h8-9,11H,3-7H2,1-2H3. The van der Waals surface area contributed by atoms with Crippen molar-refractivity contribution in [3.05, 3.63) is 29.3 Å². The largest absolute Gasteiger partial charge is 0.364 e. The van der Waals surface area contributed by atoms with Crippen LogP contribution in [0.1, 0.15) is 25.8 Å². The zero-order valence-corrected chi connectivity index (χ0v) is 11.9. The maximum absolute atomic E-state index is 14.0. The van der Waals surface area contributed by atoms with Crippen molar-refractivity contribution in [2.45, 2.75) is 26.3 Å². The number of halogens is 2. The molecule has 0 bridgehead atoms. The van der Waals surface area contributed by atoms with Crippen LogP contribution >= 0.6 is 0 Å². The highest BCUT2D eigenvalue weighted by Gasteiger charge is 2.24. The molecule has 1 aliphatic heterocycles. The van der Waals surface area contributed by atoms with E-state index < -0.39 is 11.6 Å². The Morgan fingerprint density at radius 2 is 1.75 bits per heavy atom. The molecule has 0 radical (unpaired) electrons. The van der Waals surface area contributed by atoms with Gasteiger partial charge in [-0.3, -0.25) is 4.90 Å². The average Bonchev–Trinajstić information content (AvgIpc) is 2.46. The van der Waals surface area contributed by atoms with Crippen LogP contribution in [-0.2, 0) is 0 Å². The van der Waals surface area contributed by atoms with Crippen molar-refractivity contribution in [3.63, 3.8) is 0 Å². The smallest absolute Gasteiger partial charge is 0.150 e. The molecule has 5 heteroatoms. The molecule has 1 atom stereocenters. The van der Waals surface area contributed by atoms with Crippen LogP contribution in [0.2, 0.25) is 0 Å². The van der Waals surface area contributed by atoms with E-state index in [1.807, 2.05) is 0 Å². The van der Waals surface area contributed by atoms with Gasteiger partial charge in [0.05, 0.1) is 11.6 Å². The quantitative estimate of drug-likeness (QED) is 0.852. The van der Waals surface area contributed by atoms with Gasteiger partial charge in [0.15, 0.2) is 11.6 Å². The van der Waals surface area contributed by atoms with Crippen molar-refractivity contribution in [3.8, 4) is 6.07 Å². The summed E-state index contributed by atoms with van der Waals surface area (Å²) >= 11 is 0. The number of anilines is 1. The molecule has 2 rings (SSSR count). The van der Waals surface area contributed by atoms with Crippen LogP contribution in [0.15, 0.2) is 12.1 Å². The van der Waals surface area contributed by atoms with Crippen LogP contribution in [0.25, 0.3) is 0 Å². The van der Waals surface area contributed by atoms with Crippen LogP contribution in [0.3, 0.4) is 0 Å². The van der Waals surface area contributed by atoms with Gasteiger partial charge in [-0.05, 0) is 25.5 Å². The van der Waals surface area contributed by atoms with Crippen LogP contribution < -0.4 is 4.90 Å². The number of benzene rings is 1. The first-order valence-electron chi connectivity index (χ1n) is 6.95. The predicted octanol–water partition coefficient (Wildman–Crippen LogP) is 2.76. The van der Waals surface area contributed by atoms with E-state index in [9.17, 15) is 8.78 Å². The molecule has 1 saturated heterocycles. The van der Waals surface area contributed by atoms with Crippen LogP contribution in [0.4, 0.5) is 14.5 Å². The zero-order chi connectivity index (χ0) is 14.7. The molecule has 0 aliphatic carbocycles. The summed E-state index contributed by atoms with van der Waals surface area (Å²) in [7, 11) is 0. The minimum absolute atomic E-state index is 0.00667. The van der Waals surface area contributed by atoms with E-state index in [4.69, 9.17) is 5.26 Å². The van der Waals surface area contributed by atoms with Gasteiger partial charge in [-0.15, -0.1) is 0 Å². The molecule has 3 nitrogen and oxygen atoms in total. The summed E-state index contributed by atoms with van der Waals surface area (Å²) < 4.78 is 27.9. The van der Waals surface area contributed by atoms with Gasteiger partial charge in [0.1, 0.15) is 5.69 Å². The third-order valence-corrected chi connectivity index (χ3v) is 3.99. The monoisotopic (exact) mass is 279 g/mol. The van der Waals surface area contributed by atoms with Crippen LogP contribution in [-0.4, -0.2) is 37.1 Å². The Morgan fingerprint density at radius 3 is 2.20 bits per heavy atom. The first-order valence-corrected chi connectivity index (χ1v) is 6.95. The molecule has 0 saturated carbocycles. The highest BCUT2D eigenvalue weighted by Crippen LogP contribution is 2.26. The van der Waals surface area contributed by atoms with Gasteiger partial charge >= 0.3 is 0 Å². The van der Waals surface area contributed by atoms with E-state index in [0.29, 0.717) is 19.1 Å². The fourth-order valence-electron chi connectivity index (χ4n) is 2.58. The maximum Gasteiger partial charge on any atom is 0.150 e. The highest BCUT2D eigenvalue weighted by atomic mass is 19.1. The molecule has 1 unspecified atom stereocenters. The number of hydrogen-bond acceptors (Lipinski definition) is 3. The topological polar surface area (TPSA) is 30.3 Å². The Balaban J connectivity index is 2.13. The molecule has 1 heterocycles. The van der Waals surface area contributed by atoms with Gasteiger partial charge in [0, 0.05) is 32.2 Å². The van der Waals surface area contributed by atoms with Crippen molar-refractivity contribution in [1.82, 2.24) is 4.90 Å². The van der Waals surface area contributed by atoms with Crippen molar-refractivity contribution in [2.75, 3.05) is 31.1 Å². The fourth-order valence-corrected chi connectivity index (χ4v) is 2.58. The second kappa shape index (κ2) is 6.19. The number of rotatable bonds is 3. The molecule has 1 fully saturated rings. The van der Waals surface area contributed by atoms with Gasteiger partial charge in [0.25, 0.3) is 0 Å². The average molecular weight is 279 g/mol. The molecule has 0 spiro atoms. The summed E-state index contributed by atoms with van der Waals surface area (Å²) in [6, 6.07) is 4.45. The third-order valence-electron chi connectivity index (χ3n) is 3.99. The summed E-state index contributed by atoms with van der Waals surface area (Å²) in [5.74, 6) is -1.31. The summed E-state index contributed by atoms with van der Waals surface area (Å²) in [6.45, 7) is 7.10. The molecule has 108 valence electrons. The van der Waals surface area contributed by atoms with Gasteiger partial charge in [-0.2, -0.15) is 5.26 Å². The minimum Gasteiger partial charge on any atom is -0.364 e. The van der Waals surface area contributed by atoms with Crippen LogP contribution in [0, 0.1) is 23.0 Å². The molecule has 1 aromatic rings. The summed E-state index contributed by atoms with van der Waals surface area (Å²) in [6.07, 6.45) is 1.07. The Labute approximate surface area is 118 Å². The number of hydrogen-bond donors (Lipinski definition) is 0. The van der Waals surface area contributed by atoms with E-state index in [1.54, 1.807) is 11.0 Å². The first-order chi connectivity index (χ1) is 9.56. The summed E-state index contributed by atoms with van der Waals surface area (Å²) in [5.41, 5.74) is 0.00907. The van der Waals surface area contributed by atoms with Gasteiger partial charge in [0.2, 0.25) is 0 Å². The lowest BCUT2D eigenvalue weighted by Crippen LogP contribution is -2.50. The Morgan fingerprint density at radius 1 is 1.20 bits per heavy atom. The maximum atomic E-state index is 14.0. The van der Waals surface area contributed by atoms with E-state index >= 15 is 0 Å². The molecule has 20 heavy (non-hydrogen) atoms.